The van der Waals surface area contributed by atoms with E-state index in [9.17, 15) is 24.3 Å². The lowest BCUT2D eigenvalue weighted by molar-refractivity contribution is -0.152. The molecule has 2 aromatic rings. The minimum atomic E-state index is -1.79. The van der Waals surface area contributed by atoms with Gasteiger partial charge in [-0.05, 0) is 37.0 Å². The van der Waals surface area contributed by atoms with Crippen molar-refractivity contribution in [2.24, 2.45) is 0 Å². The number of benzene rings is 1. The molecule has 1 aromatic carbocycles. The monoisotopic (exact) mass is 584 g/mol. The van der Waals surface area contributed by atoms with Crippen molar-refractivity contribution < 1.29 is 49.1 Å². The number of hydrogen-bond acceptors (Lipinski definition) is 11. The van der Waals surface area contributed by atoms with Crippen LogP contribution in [0.5, 0.6) is 5.75 Å². The van der Waals surface area contributed by atoms with Crippen LogP contribution in [0.1, 0.15) is 68.5 Å². The topological polar surface area (TPSA) is 220 Å². The number of carboxylic acids is 2. The minimum Gasteiger partial charge on any atom is -0.495 e. The molecule has 0 spiro atoms. The van der Waals surface area contributed by atoms with Crippen LogP contribution in [0.15, 0.2) is 24.4 Å². The molecule has 14 heteroatoms. The fraction of sp³-hybridized carbons (Fsp3) is 0.429. The fourth-order valence-corrected chi connectivity index (χ4v) is 4.66. The largest absolute Gasteiger partial charge is 0.495 e. The van der Waals surface area contributed by atoms with Gasteiger partial charge in [-0.1, -0.05) is 6.07 Å². The Morgan fingerprint density at radius 2 is 1.93 bits per heavy atom. The van der Waals surface area contributed by atoms with Crippen molar-refractivity contribution in [3.05, 3.63) is 57.9 Å². The van der Waals surface area contributed by atoms with E-state index in [4.69, 9.17) is 30.1 Å². The highest BCUT2D eigenvalue weighted by Crippen LogP contribution is 2.30. The van der Waals surface area contributed by atoms with Gasteiger partial charge in [0.25, 0.3) is 5.91 Å². The fourth-order valence-electron chi connectivity index (χ4n) is 4.66. The summed E-state index contributed by atoms with van der Waals surface area (Å²) >= 11 is 0. The molecule has 0 radical (unpaired) electrons. The number of aromatic nitrogens is 1. The molecule has 1 fully saturated rings. The maximum absolute atomic E-state index is 12.6. The summed E-state index contributed by atoms with van der Waals surface area (Å²) in [5, 5.41) is 47.0. The summed E-state index contributed by atoms with van der Waals surface area (Å²) in [6.07, 6.45) is -0.389. The number of β-amino-alcohol motifs (C(OH)–C–C–N with tert-alkyl or cyclic N) is 1. The number of fused-ring (bicyclic) bond motifs is 1. The van der Waals surface area contributed by atoms with Crippen molar-refractivity contribution in [1.29, 1.82) is 5.26 Å². The quantitative estimate of drug-likeness (QED) is 0.258. The average molecular weight is 585 g/mol. The third-order valence-electron chi connectivity index (χ3n) is 7.01. The minimum absolute atomic E-state index is 0.000720. The Morgan fingerprint density at radius 3 is 2.50 bits per heavy atom. The number of aliphatic hydroxyl groups is 2. The SMILES string of the molecule is COc1cc(C(=O)NC2CCN(C[C@H](O)c3ccc4c(c3C)COC4=O)CC2)ncc1C#N.O=C(O)CC(O)C(=O)O. The number of cyclic esters (lactones) is 1. The summed E-state index contributed by atoms with van der Waals surface area (Å²) in [4.78, 5) is 50.0. The van der Waals surface area contributed by atoms with E-state index in [1.165, 1.54) is 19.4 Å². The average Bonchev–Trinajstić information content (AvgIpc) is 3.35. The molecular weight excluding hydrogens is 552 g/mol. The van der Waals surface area contributed by atoms with E-state index in [1.807, 2.05) is 13.0 Å². The lowest BCUT2D eigenvalue weighted by atomic mass is 9.94. The van der Waals surface area contributed by atoms with Gasteiger partial charge in [0.05, 0.1) is 25.2 Å². The van der Waals surface area contributed by atoms with E-state index in [0.29, 0.717) is 17.9 Å². The van der Waals surface area contributed by atoms with Crippen LogP contribution >= 0.6 is 0 Å². The van der Waals surface area contributed by atoms with Crippen LogP contribution in [0.25, 0.3) is 0 Å². The van der Waals surface area contributed by atoms with Gasteiger partial charge in [-0.3, -0.25) is 9.59 Å². The second-order valence-electron chi connectivity index (χ2n) is 9.78. The highest BCUT2D eigenvalue weighted by molar-refractivity contribution is 5.94. The van der Waals surface area contributed by atoms with Crippen LogP contribution in [0.3, 0.4) is 0 Å². The molecule has 1 amide bonds. The first-order chi connectivity index (χ1) is 19.9. The highest BCUT2D eigenvalue weighted by atomic mass is 16.5. The molecular formula is C28H32N4O10. The molecule has 4 rings (SSSR count). The van der Waals surface area contributed by atoms with E-state index in [2.05, 4.69) is 15.2 Å². The number of carbonyl (C=O) groups is 4. The maximum Gasteiger partial charge on any atom is 0.338 e. The number of carbonyl (C=O) groups excluding carboxylic acids is 2. The third kappa shape index (κ3) is 8.00. The predicted octanol–water partition coefficient (Wildman–Crippen LogP) is 0.775. The number of esters is 1. The van der Waals surface area contributed by atoms with Crippen LogP contribution in [-0.4, -0.2) is 93.0 Å². The van der Waals surface area contributed by atoms with E-state index >= 15 is 0 Å². The van der Waals surface area contributed by atoms with Gasteiger partial charge >= 0.3 is 17.9 Å². The van der Waals surface area contributed by atoms with Crippen molar-refractivity contribution in [2.75, 3.05) is 26.7 Å². The van der Waals surface area contributed by atoms with E-state index in [-0.39, 0.29) is 35.8 Å². The van der Waals surface area contributed by atoms with Crippen molar-refractivity contribution in [3.63, 3.8) is 0 Å². The predicted molar refractivity (Wildman–Crippen MR) is 144 cm³/mol. The van der Waals surface area contributed by atoms with Gasteiger partial charge in [0.2, 0.25) is 0 Å². The molecule has 0 bridgehead atoms. The maximum atomic E-state index is 12.6. The number of ether oxygens (including phenoxy) is 2. The number of aliphatic hydroxyl groups excluding tert-OH is 2. The van der Waals surface area contributed by atoms with Gasteiger partial charge in [-0.25, -0.2) is 14.6 Å². The molecule has 5 N–H and O–H groups in total. The normalized spacial score (nSPS) is 16.1. The van der Waals surface area contributed by atoms with Crippen LogP contribution in [0.4, 0.5) is 0 Å². The summed E-state index contributed by atoms with van der Waals surface area (Å²) in [6, 6.07) is 6.98. The van der Waals surface area contributed by atoms with E-state index in [0.717, 1.165) is 42.6 Å². The number of methoxy groups -OCH3 is 1. The number of nitriles is 1. The van der Waals surface area contributed by atoms with Crippen LogP contribution < -0.4 is 10.1 Å². The Hall–Kier alpha value is -4.58. The van der Waals surface area contributed by atoms with Crippen molar-refractivity contribution >= 4 is 23.8 Å². The second-order valence-corrected chi connectivity index (χ2v) is 9.78. The molecule has 0 saturated carbocycles. The number of carboxylic acid groups (broad SMARTS) is 2. The Morgan fingerprint density at radius 1 is 1.24 bits per heavy atom. The van der Waals surface area contributed by atoms with Crippen LogP contribution in [0, 0.1) is 18.3 Å². The number of piperidine rings is 1. The van der Waals surface area contributed by atoms with Gasteiger partial charge in [-0.2, -0.15) is 5.26 Å². The molecule has 1 saturated heterocycles. The van der Waals surface area contributed by atoms with Crippen molar-refractivity contribution in [1.82, 2.24) is 15.2 Å². The molecule has 0 aliphatic carbocycles. The Kier molecular flexibility index (Phi) is 10.9. The second kappa shape index (κ2) is 14.4. The van der Waals surface area contributed by atoms with Crippen LogP contribution in [0.2, 0.25) is 0 Å². The lowest BCUT2D eigenvalue weighted by Crippen LogP contribution is -2.45. The Balaban J connectivity index is 0.000000467. The summed E-state index contributed by atoms with van der Waals surface area (Å²) in [6.45, 7) is 4.11. The van der Waals surface area contributed by atoms with Gasteiger partial charge in [0, 0.05) is 43.5 Å². The molecule has 2 atom stereocenters. The van der Waals surface area contributed by atoms with Gasteiger partial charge in [0.1, 0.15) is 29.7 Å². The van der Waals surface area contributed by atoms with Gasteiger partial charge in [-0.15, -0.1) is 0 Å². The Labute approximate surface area is 241 Å². The molecule has 3 heterocycles. The van der Waals surface area contributed by atoms with E-state index in [1.54, 1.807) is 12.1 Å². The van der Waals surface area contributed by atoms with Gasteiger partial charge < -0.3 is 40.1 Å². The molecule has 1 unspecified atom stereocenters. The zero-order valence-electron chi connectivity index (χ0n) is 23.1. The smallest absolute Gasteiger partial charge is 0.338 e. The first-order valence-electron chi connectivity index (χ1n) is 13.0. The number of nitrogens with zero attached hydrogens (tertiary/aromatic N) is 3. The number of pyridine rings is 1. The number of rotatable bonds is 9. The number of hydrogen-bond donors (Lipinski definition) is 5. The van der Waals surface area contributed by atoms with Crippen LogP contribution in [-0.2, 0) is 20.9 Å². The summed E-state index contributed by atoms with van der Waals surface area (Å²) in [7, 11) is 1.44. The summed E-state index contributed by atoms with van der Waals surface area (Å²) in [5.41, 5.74) is 3.62. The zero-order chi connectivity index (χ0) is 31.0. The zero-order valence-corrected chi connectivity index (χ0v) is 23.1. The molecule has 2 aliphatic heterocycles. The summed E-state index contributed by atoms with van der Waals surface area (Å²) < 4.78 is 10.2. The summed E-state index contributed by atoms with van der Waals surface area (Å²) in [5.74, 6) is -3.14. The molecule has 1 aromatic heterocycles. The number of aliphatic carboxylic acids is 2. The van der Waals surface area contributed by atoms with Crippen molar-refractivity contribution in [2.45, 2.75) is 51.0 Å². The number of amides is 1. The first-order valence-corrected chi connectivity index (χ1v) is 13.0. The van der Waals surface area contributed by atoms with Crippen molar-refractivity contribution in [3.8, 4) is 11.8 Å². The third-order valence-corrected chi connectivity index (χ3v) is 7.01. The first kappa shape index (κ1) is 31.9. The van der Waals surface area contributed by atoms with Gasteiger partial charge in [0.15, 0.2) is 6.10 Å². The molecule has 2 aliphatic rings. The lowest BCUT2D eigenvalue weighted by Gasteiger charge is -2.33. The van der Waals surface area contributed by atoms with E-state index < -0.39 is 30.6 Å². The highest BCUT2D eigenvalue weighted by Gasteiger charge is 2.28. The molecule has 224 valence electrons. The standard InChI is InChI=1S/C24H26N4O5.C4H6O5/c1-14-17(3-4-18-19(14)13-33-24(18)31)21(29)12-28-7-5-16(6-8-28)27-23(30)20-9-22(32-2)15(10-25)11-26-20;5-2(4(8)9)1-3(6)7/h3-4,9,11,16,21,29H,5-8,12-13H2,1-2H3,(H,27,30);2,5H,1H2,(H,6,7)(H,8,9)/t21-;/m0./s1. The number of likely N-dealkylation sites (tertiary alicyclic amines) is 1. The number of nitrogens with one attached hydrogen (secondary N) is 1. The molecule has 42 heavy (non-hydrogen) atoms. The molecule has 14 nitrogen and oxygen atoms in total. The Bertz CT molecular complexity index is 1380.